The van der Waals surface area contributed by atoms with Crippen molar-refractivity contribution in [2.75, 3.05) is 31.2 Å². The van der Waals surface area contributed by atoms with Gasteiger partial charge in [0.2, 0.25) is 0 Å². The molecule has 0 saturated carbocycles. The number of rotatable bonds is 2. The van der Waals surface area contributed by atoms with Crippen LogP contribution in [0.3, 0.4) is 0 Å². The molecule has 1 saturated heterocycles. The minimum Gasteiger partial charge on any atom is -0.443 e. The van der Waals surface area contributed by atoms with Crippen molar-refractivity contribution in [1.29, 1.82) is 0 Å². The lowest BCUT2D eigenvalue weighted by atomic mass is 10.2. The maximum absolute atomic E-state index is 13.9. The maximum atomic E-state index is 13.9. The van der Waals surface area contributed by atoms with Gasteiger partial charge >= 0.3 is 6.09 Å². The zero-order chi connectivity index (χ0) is 20.6. The van der Waals surface area contributed by atoms with Gasteiger partial charge in [0.05, 0.1) is 36.8 Å². The van der Waals surface area contributed by atoms with E-state index in [9.17, 15) is 9.18 Å². The van der Waals surface area contributed by atoms with Crippen LogP contribution in [0.1, 0.15) is 20.8 Å². The van der Waals surface area contributed by atoms with Crippen molar-refractivity contribution in [2.45, 2.75) is 26.4 Å². The largest absolute Gasteiger partial charge is 0.443 e. The van der Waals surface area contributed by atoms with Gasteiger partial charge in [-0.05, 0) is 45.0 Å². The summed E-state index contributed by atoms with van der Waals surface area (Å²) in [5.74, 6) is 0.323. The van der Waals surface area contributed by atoms with Crippen LogP contribution in [0, 0.1) is 5.82 Å². The number of morpholine rings is 1. The molecule has 1 aliphatic heterocycles. The van der Waals surface area contributed by atoms with Crippen LogP contribution in [0.15, 0.2) is 36.7 Å². The van der Waals surface area contributed by atoms with Crippen molar-refractivity contribution in [3.63, 3.8) is 0 Å². The Hall–Kier alpha value is -3.00. The second kappa shape index (κ2) is 7.44. The molecule has 0 N–H and O–H groups in total. The summed E-state index contributed by atoms with van der Waals surface area (Å²) in [7, 11) is 0. The van der Waals surface area contributed by atoms with E-state index in [4.69, 9.17) is 9.47 Å². The molecule has 3 heterocycles. The SMILES string of the molecule is CC(C)(C)OC(=O)n1c(-c2cnc(N3CCOCC3)cn2)cc2ccc(F)cc21. The number of carbonyl (C=O) groups excluding carboxylic acids is 1. The van der Waals surface area contributed by atoms with Crippen molar-refractivity contribution < 1.29 is 18.7 Å². The van der Waals surface area contributed by atoms with Crippen LogP contribution >= 0.6 is 0 Å². The summed E-state index contributed by atoms with van der Waals surface area (Å²) >= 11 is 0. The highest BCUT2D eigenvalue weighted by Gasteiger charge is 2.24. The molecule has 0 amide bonds. The predicted molar refractivity (Wildman–Crippen MR) is 108 cm³/mol. The number of anilines is 1. The maximum Gasteiger partial charge on any atom is 0.419 e. The van der Waals surface area contributed by atoms with Crippen molar-refractivity contribution in [1.82, 2.24) is 14.5 Å². The van der Waals surface area contributed by atoms with Crippen LogP contribution in [0.2, 0.25) is 0 Å². The number of aromatic nitrogens is 3. The van der Waals surface area contributed by atoms with Gasteiger partial charge in [0.15, 0.2) is 0 Å². The minimum atomic E-state index is -0.690. The van der Waals surface area contributed by atoms with Crippen molar-refractivity contribution >= 4 is 22.8 Å². The van der Waals surface area contributed by atoms with Gasteiger partial charge in [0, 0.05) is 18.5 Å². The van der Waals surface area contributed by atoms with E-state index in [-0.39, 0.29) is 0 Å². The van der Waals surface area contributed by atoms with Crippen LogP contribution in [0.4, 0.5) is 15.0 Å². The van der Waals surface area contributed by atoms with Gasteiger partial charge in [0.1, 0.15) is 22.9 Å². The number of fused-ring (bicyclic) bond motifs is 1. The highest BCUT2D eigenvalue weighted by atomic mass is 19.1. The van der Waals surface area contributed by atoms with Gasteiger partial charge in [-0.25, -0.2) is 23.7 Å². The van der Waals surface area contributed by atoms with E-state index in [0.717, 1.165) is 18.9 Å². The number of ether oxygens (including phenoxy) is 2. The standard InChI is InChI=1S/C21H23FN4O3/c1-21(2,3)29-20(27)26-17-11-15(22)5-4-14(17)10-18(26)16-12-24-19(13-23-16)25-6-8-28-9-7-25/h4-5,10-13H,6-9H2,1-3H3. The first-order valence-electron chi connectivity index (χ1n) is 9.51. The fourth-order valence-corrected chi connectivity index (χ4v) is 3.28. The molecule has 0 bridgehead atoms. The fraction of sp³-hybridized carbons (Fsp3) is 0.381. The Bertz CT molecular complexity index is 1030. The van der Waals surface area contributed by atoms with E-state index in [2.05, 4.69) is 14.9 Å². The molecule has 8 heteroatoms. The van der Waals surface area contributed by atoms with Gasteiger partial charge in [-0.2, -0.15) is 0 Å². The number of hydrogen-bond donors (Lipinski definition) is 0. The summed E-state index contributed by atoms with van der Waals surface area (Å²) < 4.78 is 26.1. The first-order chi connectivity index (χ1) is 13.8. The molecular weight excluding hydrogens is 375 g/mol. The van der Waals surface area contributed by atoms with Gasteiger partial charge in [-0.15, -0.1) is 0 Å². The summed E-state index contributed by atoms with van der Waals surface area (Å²) in [5.41, 5.74) is 0.739. The Morgan fingerprint density at radius 2 is 1.90 bits per heavy atom. The van der Waals surface area contributed by atoms with Crippen molar-refractivity contribution in [3.8, 4) is 11.4 Å². The van der Waals surface area contributed by atoms with Gasteiger partial charge in [-0.1, -0.05) is 0 Å². The Morgan fingerprint density at radius 3 is 2.55 bits per heavy atom. The first kappa shape index (κ1) is 19.3. The molecule has 3 aromatic rings. The minimum absolute atomic E-state index is 0.424. The van der Waals surface area contributed by atoms with Crippen LogP contribution in [0.5, 0.6) is 0 Å². The molecule has 1 aliphatic rings. The second-order valence-corrected chi connectivity index (χ2v) is 7.91. The van der Waals surface area contributed by atoms with Crippen molar-refractivity contribution in [3.05, 3.63) is 42.5 Å². The Balaban J connectivity index is 1.76. The van der Waals surface area contributed by atoms with Gasteiger partial charge in [-0.3, -0.25) is 0 Å². The molecule has 0 unspecified atom stereocenters. The van der Waals surface area contributed by atoms with Gasteiger partial charge in [0.25, 0.3) is 0 Å². The molecule has 0 aliphatic carbocycles. The fourth-order valence-electron chi connectivity index (χ4n) is 3.28. The predicted octanol–water partition coefficient (Wildman–Crippen LogP) is 3.86. The molecule has 7 nitrogen and oxygen atoms in total. The number of hydrogen-bond acceptors (Lipinski definition) is 6. The quantitative estimate of drug-likeness (QED) is 0.653. The molecule has 0 spiro atoms. The smallest absolute Gasteiger partial charge is 0.419 e. The van der Waals surface area contributed by atoms with E-state index in [1.807, 2.05) is 0 Å². The Kier molecular flexibility index (Phi) is 4.96. The third kappa shape index (κ3) is 4.07. The van der Waals surface area contributed by atoms with E-state index in [1.54, 1.807) is 45.3 Å². The number of carbonyl (C=O) groups is 1. The highest BCUT2D eigenvalue weighted by Crippen LogP contribution is 2.29. The highest BCUT2D eigenvalue weighted by molar-refractivity contribution is 5.95. The monoisotopic (exact) mass is 398 g/mol. The van der Waals surface area contributed by atoms with Crippen LogP contribution < -0.4 is 4.90 Å². The lowest BCUT2D eigenvalue weighted by molar-refractivity contribution is 0.0547. The summed E-state index contributed by atoms with van der Waals surface area (Å²) in [6, 6.07) is 6.10. The molecule has 0 atom stereocenters. The first-order valence-corrected chi connectivity index (χ1v) is 9.51. The lowest BCUT2D eigenvalue weighted by Gasteiger charge is -2.27. The molecule has 1 fully saturated rings. The number of nitrogens with zero attached hydrogens (tertiary/aromatic N) is 4. The summed E-state index contributed by atoms with van der Waals surface area (Å²) in [6.07, 6.45) is 2.71. The zero-order valence-corrected chi connectivity index (χ0v) is 16.7. The summed E-state index contributed by atoms with van der Waals surface area (Å²) in [5, 5.41) is 0.714. The van der Waals surface area contributed by atoms with E-state index >= 15 is 0 Å². The molecule has 4 rings (SSSR count). The van der Waals surface area contributed by atoms with Crippen LogP contribution in [-0.4, -0.2) is 52.5 Å². The van der Waals surface area contributed by atoms with E-state index in [1.165, 1.54) is 16.7 Å². The topological polar surface area (TPSA) is 69.5 Å². The average Bonchev–Trinajstić information content (AvgIpc) is 3.06. The third-order valence-corrected chi connectivity index (χ3v) is 4.58. The van der Waals surface area contributed by atoms with Gasteiger partial charge < -0.3 is 14.4 Å². The summed E-state index contributed by atoms with van der Waals surface area (Å²) in [6.45, 7) is 8.18. The number of halogens is 1. The Morgan fingerprint density at radius 1 is 1.14 bits per heavy atom. The average molecular weight is 398 g/mol. The molecular formula is C21H23FN4O3. The zero-order valence-electron chi connectivity index (χ0n) is 16.7. The second-order valence-electron chi connectivity index (χ2n) is 7.91. The van der Waals surface area contributed by atoms with Crippen molar-refractivity contribution in [2.24, 2.45) is 0 Å². The van der Waals surface area contributed by atoms with E-state index < -0.39 is 17.5 Å². The van der Waals surface area contributed by atoms with Crippen LogP contribution in [0.25, 0.3) is 22.3 Å². The third-order valence-electron chi connectivity index (χ3n) is 4.58. The van der Waals surface area contributed by atoms with E-state index in [0.29, 0.717) is 35.5 Å². The lowest BCUT2D eigenvalue weighted by Crippen LogP contribution is -2.36. The number of benzene rings is 1. The molecule has 1 aromatic carbocycles. The van der Waals surface area contributed by atoms with Crippen LogP contribution in [-0.2, 0) is 9.47 Å². The molecule has 29 heavy (non-hydrogen) atoms. The Labute approximate surface area is 168 Å². The molecule has 152 valence electrons. The molecule has 2 aromatic heterocycles. The summed E-state index contributed by atoms with van der Waals surface area (Å²) in [4.78, 5) is 24.0. The normalized spacial score (nSPS) is 15.0. The molecule has 0 radical (unpaired) electrons.